The van der Waals surface area contributed by atoms with E-state index in [0.717, 1.165) is 21.6 Å². The van der Waals surface area contributed by atoms with E-state index in [-0.39, 0.29) is 13.0 Å². The summed E-state index contributed by atoms with van der Waals surface area (Å²) in [5, 5.41) is 20.7. The molecule has 2 aliphatic rings. The number of rotatable bonds is 11. The van der Waals surface area contributed by atoms with Crippen molar-refractivity contribution in [3.05, 3.63) is 118 Å². The Morgan fingerprint density at radius 2 is 1.61 bits per heavy atom. The number of hydrogen-bond donors (Lipinski definition) is 3. The molecule has 230 valence electrons. The zero-order chi connectivity index (χ0) is 31.3. The summed E-state index contributed by atoms with van der Waals surface area (Å²) < 4.78 is 32.1. The molecule has 2 amide bonds. The summed E-state index contributed by atoms with van der Waals surface area (Å²) >= 11 is 0. The van der Waals surface area contributed by atoms with E-state index >= 15 is 4.39 Å². The van der Waals surface area contributed by atoms with E-state index in [9.17, 15) is 9.90 Å². The van der Waals surface area contributed by atoms with Gasteiger partial charge in [-0.05, 0) is 59.0 Å². The molecule has 3 aromatic carbocycles. The van der Waals surface area contributed by atoms with Crippen LogP contribution in [-0.4, -0.2) is 67.1 Å². The van der Waals surface area contributed by atoms with E-state index < -0.39 is 41.8 Å². The average molecular weight is 603 g/mol. The van der Waals surface area contributed by atoms with Gasteiger partial charge >= 0.3 is 6.03 Å². The number of nitrogens with zero attached hydrogens (tertiary/aromatic N) is 4. The molecule has 11 nitrogen and oxygen atoms in total. The highest BCUT2D eigenvalue weighted by Gasteiger charge is 2.56. The molecule has 0 spiro atoms. The third-order valence-electron chi connectivity index (χ3n) is 8.32. The Bertz CT molecular complexity index is 1470. The van der Waals surface area contributed by atoms with Crippen molar-refractivity contribution in [2.75, 3.05) is 20.8 Å². The molecule has 0 aromatic heterocycles. The fourth-order valence-electron chi connectivity index (χ4n) is 5.86. The Hall–Kier alpha value is -4.61. The molecule has 2 aliphatic heterocycles. The molecule has 12 heteroatoms. The van der Waals surface area contributed by atoms with Crippen LogP contribution in [0.3, 0.4) is 0 Å². The van der Waals surface area contributed by atoms with Crippen molar-refractivity contribution in [2.24, 2.45) is 5.11 Å². The summed E-state index contributed by atoms with van der Waals surface area (Å²) in [5.74, 6) is 1.38. The zero-order valence-electron chi connectivity index (χ0n) is 24.6. The Kier molecular flexibility index (Phi) is 9.07. The number of halogens is 1. The molecule has 2 heterocycles. The standard InChI is InChI=1S/C32H35FN6O5/c1-4-31(20-35-38-34)28(40)27(33)29(44-31)39-19-18-26(36-30(39)41)37-32(21-8-6-5-7-9-21,22-10-14-24(42-2)15-11-22)23-12-16-25(43-3)17-13-23/h5-19,26-29,37,40H,4,20H2,1-3H3,(H,36,41)/t26?,27-,28+,29-,31+/m1/s1. The smallest absolute Gasteiger partial charge is 0.325 e. The zero-order valence-corrected chi connectivity index (χ0v) is 24.6. The van der Waals surface area contributed by atoms with E-state index in [1.165, 1.54) is 6.20 Å². The van der Waals surface area contributed by atoms with Gasteiger partial charge in [-0.2, -0.15) is 0 Å². The number of urea groups is 1. The van der Waals surface area contributed by atoms with Crippen molar-refractivity contribution in [2.45, 2.75) is 49.2 Å². The van der Waals surface area contributed by atoms with Crippen LogP contribution in [0.15, 0.2) is 96.3 Å². The second-order valence-corrected chi connectivity index (χ2v) is 10.6. The number of benzene rings is 3. The van der Waals surface area contributed by atoms with Gasteiger partial charge in [0.25, 0.3) is 0 Å². The fraction of sp³-hybridized carbons (Fsp3) is 0.344. The minimum atomic E-state index is -1.93. The number of azide groups is 1. The van der Waals surface area contributed by atoms with Crippen LogP contribution in [-0.2, 0) is 10.3 Å². The molecule has 1 saturated heterocycles. The van der Waals surface area contributed by atoms with Crippen LogP contribution >= 0.6 is 0 Å². The quantitative estimate of drug-likeness (QED) is 0.123. The molecule has 5 atom stereocenters. The van der Waals surface area contributed by atoms with Gasteiger partial charge in [-0.3, -0.25) is 10.2 Å². The largest absolute Gasteiger partial charge is 0.497 e. The van der Waals surface area contributed by atoms with Crippen LogP contribution < -0.4 is 20.1 Å². The van der Waals surface area contributed by atoms with Gasteiger partial charge in [0.15, 0.2) is 12.4 Å². The fourth-order valence-corrected chi connectivity index (χ4v) is 5.86. The monoisotopic (exact) mass is 602 g/mol. The molecule has 3 N–H and O–H groups in total. The minimum absolute atomic E-state index is 0.177. The molecule has 1 fully saturated rings. The van der Waals surface area contributed by atoms with Gasteiger partial charge in [-0.25, -0.2) is 9.18 Å². The van der Waals surface area contributed by atoms with Gasteiger partial charge in [-0.15, -0.1) is 0 Å². The third-order valence-corrected chi connectivity index (χ3v) is 8.32. The molecule has 0 bridgehead atoms. The summed E-state index contributed by atoms with van der Waals surface area (Å²) in [6.07, 6.45) is -2.34. The van der Waals surface area contributed by atoms with E-state index in [4.69, 9.17) is 19.7 Å². The Labute approximate surface area is 254 Å². The predicted molar refractivity (Wildman–Crippen MR) is 162 cm³/mol. The maximum absolute atomic E-state index is 15.4. The number of carbonyl (C=O) groups is 1. The number of carbonyl (C=O) groups excluding carboxylic acids is 1. The van der Waals surface area contributed by atoms with Crippen molar-refractivity contribution >= 4 is 6.03 Å². The van der Waals surface area contributed by atoms with Crippen molar-refractivity contribution in [3.63, 3.8) is 0 Å². The average Bonchev–Trinajstić information content (AvgIpc) is 3.32. The van der Waals surface area contributed by atoms with Gasteiger partial charge in [0, 0.05) is 11.1 Å². The second kappa shape index (κ2) is 12.9. The number of alkyl halides is 1. The number of amides is 2. The van der Waals surface area contributed by atoms with Gasteiger partial charge in [0.05, 0.1) is 26.3 Å². The molecule has 0 radical (unpaired) electrons. The van der Waals surface area contributed by atoms with Crippen LogP contribution in [0.5, 0.6) is 11.5 Å². The number of ether oxygens (including phenoxy) is 3. The summed E-state index contributed by atoms with van der Waals surface area (Å²) in [5.41, 5.74) is 9.01. The van der Waals surface area contributed by atoms with E-state index in [1.807, 2.05) is 78.9 Å². The first kappa shape index (κ1) is 30.8. The molecular weight excluding hydrogens is 567 g/mol. The summed E-state index contributed by atoms with van der Waals surface area (Å²) in [6.45, 7) is 1.42. The van der Waals surface area contributed by atoms with Crippen LogP contribution in [0.2, 0.25) is 0 Å². The lowest BCUT2D eigenvalue weighted by atomic mass is 9.76. The van der Waals surface area contributed by atoms with E-state index in [0.29, 0.717) is 11.5 Å². The Balaban J connectivity index is 1.53. The second-order valence-electron chi connectivity index (χ2n) is 10.6. The number of aliphatic hydroxyl groups is 1. The molecule has 0 saturated carbocycles. The first-order valence-corrected chi connectivity index (χ1v) is 14.2. The van der Waals surface area contributed by atoms with Crippen molar-refractivity contribution < 1.29 is 28.5 Å². The van der Waals surface area contributed by atoms with Gasteiger partial charge in [0.1, 0.15) is 29.4 Å². The number of hydrogen-bond acceptors (Lipinski definition) is 7. The van der Waals surface area contributed by atoms with Crippen molar-refractivity contribution in [1.29, 1.82) is 0 Å². The SMILES string of the molecule is CC[C@@]1(CN=[N+]=[N-])O[C@@H](N2C=CC(NC(c3ccccc3)(c3ccc(OC)cc3)c3ccc(OC)cc3)NC2=O)[C@H](F)[C@@H]1O. The number of methoxy groups -OCH3 is 2. The summed E-state index contributed by atoms with van der Waals surface area (Å²) in [6, 6.07) is 24.5. The predicted octanol–water partition coefficient (Wildman–Crippen LogP) is 4.96. The van der Waals surface area contributed by atoms with Crippen LogP contribution in [0.25, 0.3) is 10.4 Å². The third kappa shape index (κ3) is 5.56. The molecule has 44 heavy (non-hydrogen) atoms. The van der Waals surface area contributed by atoms with Crippen LogP contribution in [0, 0.1) is 0 Å². The summed E-state index contributed by atoms with van der Waals surface area (Å²) in [4.78, 5) is 17.3. The van der Waals surface area contributed by atoms with Crippen LogP contribution in [0.1, 0.15) is 30.0 Å². The molecule has 1 unspecified atom stereocenters. The summed E-state index contributed by atoms with van der Waals surface area (Å²) in [7, 11) is 3.21. The highest BCUT2D eigenvalue weighted by atomic mass is 19.1. The Morgan fingerprint density at radius 3 is 2.11 bits per heavy atom. The molecule has 5 rings (SSSR count). The molecular formula is C32H35FN6O5. The Morgan fingerprint density at radius 1 is 1.05 bits per heavy atom. The number of nitrogens with one attached hydrogen (secondary N) is 2. The van der Waals surface area contributed by atoms with Gasteiger partial charge in [-0.1, -0.05) is 66.6 Å². The van der Waals surface area contributed by atoms with Crippen molar-refractivity contribution in [3.8, 4) is 11.5 Å². The van der Waals surface area contributed by atoms with E-state index in [1.54, 1.807) is 27.2 Å². The maximum Gasteiger partial charge on any atom is 0.325 e. The lowest BCUT2D eigenvalue weighted by Crippen LogP contribution is -2.60. The first-order valence-electron chi connectivity index (χ1n) is 14.2. The lowest BCUT2D eigenvalue weighted by molar-refractivity contribution is -0.105. The van der Waals surface area contributed by atoms with E-state index in [2.05, 4.69) is 20.7 Å². The maximum atomic E-state index is 15.4. The normalized spacial score (nSPS) is 24.8. The number of aliphatic hydroxyl groups excluding tert-OH is 1. The lowest BCUT2D eigenvalue weighted by Gasteiger charge is -2.41. The van der Waals surface area contributed by atoms with Crippen LogP contribution in [0.4, 0.5) is 9.18 Å². The minimum Gasteiger partial charge on any atom is -0.497 e. The van der Waals surface area contributed by atoms with Gasteiger partial charge < -0.3 is 24.6 Å². The highest BCUT2D eigenvalue weighted by Crippen LogP contribution is 2.40. The molecule has 3 aromatic rings. The van der Waals surface area contributed by atoms with Crippen molar-refractivity contribution in [1.82, 2.24) is 15.5 Å². The molecule has 0 aliphatic carbocycles. The first-order chi connectivity index (χ1) is 21.3. The highest BCUT2D eigenvalue weighted by molar-refractivity contribution is 5.77. The topological polar surface area (TPSA) is 141 Å². The van der Waals surface area contributed by atoms with Gasteiger partial charge in [0.2, 0.25) is 0 Å².